The van der Waals surface area contributed by atoms with E-state index in [4.69, 9.17) is 27.9 Å². The molecule has 0 atom stereocenters. The van der Waals surface area contributed by atoms with Crippen molar-refractivity contribution in [3.8, 4) is 17.2 Å². The van der Waals surface area contributed by atoms with Crippen LogP contribution in [0.5, 0.6) is 17.2 Å². The highest BCUT2D eigenvalue weighted by atomic mass is 79.9. The Morgan fingerprint density at radius 2 is 1.83 bits per heavy atom. The average Bonchev–Trinajstić information content (AvgIpc) is 2.73. The number of carbonyl (C=O) groups is 1. The Labute approximate surface area is 190 Å². The number of hydrogen-bond acceptors (Lipinski definition) is 4. The standard InChI is InChI=1S/C22H13BrCl2N2O3/c23-16-10-13(24)9-15(21(16)28)22(29)27-14-6-7-18(17(25)11-14)30-19-5-1-3-12-4-2-8-26-20(12)19/h1-11,28H,(H,27,29). The van der Waals surface area contributed by atoms with Crippen LogP contribution in [0.4, 0.5) is 5.69 Å². The van der Waals surface area contributed by atoms with Crippen molar-refractivity contribution in [3.05, 3.63) is 86.9 Å². The summed E-state index contributed by atoms with van der Waals surface area (Å²) in [5.41, 5.74) is 1.19. The summed E-state index contributed by atoms with van der Waals surface area (Å²) < 4.78 is 6.27. The van der Waals surface area contributed by atoms with Gasteiger partial charge in [-0.25, -0.2) is 0 Å². The molecule has 4 rings (SSSR count). The first-order valence-electron chi connectivity index (χ1n) is 8.73. The summed E-state index contributed by atoms with van der Waals surface area (Å²) in [7, 11) is 0. The first kappa shape index (κ1) is 20.5. The Balaban J connectivity index is 1.57. The molecule has 5 nitrogen and oxygen atoms in total. The maximum absolute atomic E-state index is 12.5. The van der Waals surface area contributed by atoms with Crippen molar-refractivity contribution >= 4 is 61.6 Å². The molecule has 1 heterocycles. The Morgan fingerprint density at radius 3 is 2.63 bits per heavy atom. The number of pyridine rings is 1. The lowest BCUT2D eigenvalue weighted by Crippen LogP contribution is -2.12. The molecule has 0 saturated heterocycles. The van der Waals surface area contributed by atoms with Crippen LogP contribution in [0, 0.1) is 0 Å². The minimum atomic E-state index is -0.529. The summed E-state index contributed by atoms with van der Waals surface area (Å²) in [6.07, 6.45) is 1.69. The van der Waals surface area contributed by atoms with E-state index in [1.165, 1.54) is 12.1 Å². The molecule has 1 amide bonds. The van der Waals surface area contributed by atoms with Gasteiger partial charge in [-0.3, -0.25) is 9.78 Å². The molecule has 30 heavy (non-hydrogen) atoms. The van der Waals surface area contributed by atoms with Crippen LogP contribution in [0.25, 0.3) is 10.9 Å². The number of nitrogens with zero attached hydrogens (tertiary/aromatic N) is 1. The lowest BCUT2D eigenvalue weighted by molar-refractivity contribution is 0.102. The monoisotopic (exact) mass is 502 g/mol. The fraction of sp³-hybridized carbons (Fsp3) is 0. The number of amides is 1. The van der Waals surface area contributed by atoms with Gasteiger partial charge < -0.3 is 15.2 Å². The van der Waals surface area contributed by atoms with E-state index < -0.39 is 5.91 Å². The molecular formula is C22H13BrCl2N2O3. The molecule has 1 aromatic heterocycles. The summed E-state index contributed by atoms with van der Waals surface area (Å²) >= 11 is 15.5. The molecule has 0 unspecified atom stereocenters. The van der Waals surface area contributed by atoms with Gasteiger partial charge in [0.25, 0.3) is 5.91 Å². The molecule has 4 aromatic rings. The predicted molar refractivity (Wildman–Crippen MR) is 122 cm³/mol. The molecule has 2 N–H and O–H groups in total. The second kappa shape index (κ2) is 8.52. The number of ether oxygens (including phenoxy) is 1. The van der Waals surface area contributed by atoms with E-state index in [-0.39, 0.29) is 11.3 Å². The summed E-state index contributed by atoms with van der Waals surface area (Å²) in [5.74, 6) is 0.256. The zero-order chi connectivity index (χ0) is 21.3. The molecule has 0 saturated carbocycles. The molecule has 0 fully saturated rings. The number of para-hydroxylation sites is 1. The zero-order valence-corrected chi connectivity index (χ0v) is 18.3. The first-order chi connectivity index (χ1) is 14.4. The number of phenols is 1. The van der Waals surface area contributed by atoms with E-state index >= 15 is 0 Å². The molecular weight excluding hydrogens is 491 g/mol. The van der Waals surface area contributed by atoms with Crippen molar-refractivity contribution in [2.75, 3.05) is 5.32 Å². The molecule has 150 valence electrons. The SMILES string of the molecule is O=C(Nc1ccc(Oc2cccc3cccnc23)c(Cl)c1)c1cc(Cl)cc(Br)c1O. The lowest BCUT2D eigenvalue weighted by atomic mass is 10.2. The average molecular weight is 504 g/mol. The quantitative estimate of drug-likeness (QED) is 0.313. The van der Waals surface area contributed by atoms with E-state index in [1.807, 2.05) is 24.3 Å². The number of aromatic nitrogens is 1. The minimum Gasteiger partial charge on any atom is -0.506 e. The van der Waals surface area contributed by atoms with Crippen LogP contribution in [-0.4, -0.2) is 16.0 Å². The van der Waals surface area contributed by atoms with E-state index in [0.29, 0.717) is 31.7 Å². The number of halogens is 3. The summed E-state index contributed by atoms with van der Waals surface area (Å²) in [4.78, 5) is 16.9. The highest BCUT2D eigenvalue weighted by Crippen LogP contribution is 2.35. The van der Waals surface area contributed by atoms with Crippen molar-refractivity contribution in [1.29, 1.82) is 0 Å². The number of carbonyl (C=O) groups excluding carboxylic acids is 1. The summed E-state index contributed by atoms with van der Waals surface area (Å²) in [5, 5.41) is 14.4. The largest absolute Gasteiger partial charge is 0.506 e. The third-order valence-corrected chi connectivity index (χ3v) is 5.40. The van der Waals surface area contributed by atoms with Gasteiger partial charge in [-0.1, -0.05) is 41.4 Å². The first-order valence-corrected chi connectivity index (χ1v) is 10.3. The van der Waals surface area contributed by atoms with Gasteiger partial charge in [0.2, 0.25) is 0 Å². The van der Waals surface area contributed by atoms with Gasteiger partial charge in [0.05, 0.1) is 15.1 Å². The van der Waals surface area contributed by atoms with Gasteiger partial charge in [-0.15, -0.1) is 0 Å². The number of rotatable bonds is 4. The number of fused-ring (bicyclic) bond motifs is 1. The van der Waals surface area contributed by atoms with Crippen LogP contribution in [0.1, 0.15) is 10.4 Å². The fourth-order valence-corrected chi connectivity index (χ4v) is 3.91. The maximum Gasteiger partial charge on any atom is 0.259 e. The third-order valence-electron chi connectivity index (χ3n) is 4.28. The second-order valence-electron chi connectivity index (χ2n) is 6.32. The fourth-order valence-electron chi connectivity index (χ4n) is 2.88. The number of aromatic hydroxyl groups is 1. The van der Waals surface area contributed by atoms with Crippen LogP contribution in [-0.2, 0) is 0 Å². The molecule has 0 bridgehead atoms. The molecule has 0 aliphatic heterocycles. The maximum atomic E-state index is 12.5. The number of anilines is 1. The predicted octanol–water partition coefficient (Wildman–Crippen LogP) is 7.05. The van der Waals surface area contributed by atoms with Gasteiger partial charge in [0.15, 0.2) is 5.75 Å². The Morgan fingerprint density at radius 1 is 1.03 bits per heavy atom. The van der Waals surface area contributed by atoms with Crippen molar-refractivity contribution in [1.82, 2.24) is 4.98 Å². The van der Waals surface area contributed by atoms with E-state index in [0.717, 1.165) is 10.9 Å². The molecule has 0 spiro atoms. The van der Waals surface area contributed by atoms with Gasteiger partial charge in [0, 0.05) is 22.3 Å². The number of phenolic OH excluding ortho intramolecular Hbond substituents is 1. The van der Waals surface area contributed by atoms with Crippen molar-refractivity contribution < 1.29 is 14.6 Å². The van der Waals surface area contributed by atoms with Crippen molar-refractivity contribution in [2.24, 2.45) is 0 Å². The van der Waals surface area contributed by atoms with E-state index in [2.05, 4.69) is 26.2 Å². The summed E-state index contributed by atoms with van der Waals surface area (Å²) in [6.45, 7) is 0. The Kier molecular flexibility index (Phi) is 5.81. The van der Waals surface area contributed by atoms with Gasteiger partial charge in [-0.2, -0.15) is 0 Å². The van der Waals surface area contributed by atoms with Crippen LogP contribution >= 0.6 is 39.1 Å². The minimum absolute atomic E-state index is 0.0349. The van der Waals surface area contributed by atoms with Gasteiger partial charge in [0.1, 0.15) is 17.0 Å². The number of nitrogens with one attached hydrogen (secondary N) is 1. The lowest BCUT2D eigenvalue weighted by Gasteiger charge is -2.12. The van der Waals surface area contributed by atoms with Crippen LogP contribution in [0.2, 0.25) is 10.0 Å². The number of hydrogen-bond donors (Lipinski definition) is 2. The molecule has 0 aliphatic carbocycles. The van der Waals surface area contributed by atoms with Crippen LogP contribution < -0.4 is 10.1 Å². The van der Waals surface area contributed by atoms with E-state index in [1.54, 1.807) is 30.5 Å². The molecule has 0 radical (unpaired) electrons. The van der Waals surface area contributed by atoms with Crippen LogP contribution in [0.15, 0.2) is 71.3 Å². The molecule has 8 heteroatoms. The molecule has 3 aromatic carbocycles. The Hall–Kier alpha value is -2.80. The highest BCUT2D eigenvalue weighted by Gasteiger charge is 2.16. The summed E-state index contributed by atoms with van der Waals surface area (Å²) in [6, 6.07) is 17.2. The third kappa shape index (κ3) is 4.21. The topological polar surface area (TPSA) is 71.5 Å². The number of benzene rings is 3. The normalized spacial score (nSPS) is 10.8. The Bertz CT molecular complexity index is 1280. The van der Waals surface area contributed by atoms with Crippen molar-refractivity contribution in [3.63, 3.8) is 0 Å². The zero-order valence-electron chi connectivity index (χ0n) is 15.2. The van der Waals surface area contributed by atoms with Gasteiger partial charge >= 0.3 is 0 Å². The molecule has 0 aliphatic rings. The van der Waals surface area contributed by atoms with Crippen LogP contribution in [0.3, 0.4) is 0 Å². The second-order valence-corrected chi connectivity index (χ2v) is 8.01. The highest BCUT2D eigenvalue weighted by molar-refractivity contribution is 9.10. The van der Waals surface area contributed by atoms with Gasteiger partial charge in [-0.05, 0) is 58.4 Å². The smallest absolute Gasteiger partial charge is 0.259 e. The van der Waals surface area contributed by atoms with E-state index in [9.17, 15) is 9.90 Å². The van der Waals surface area contributed by atoms with Crippen molar-refractivity contribution in [2.45, 2.75) is 0 Å².